The van der Waals surface area contributed by atoms with Gasteiger partial charge < -0.3 is 5.73 Å². The van der Waals surface area contributed by atoms with Gasteiger partial charge in [-0.2, -0.15) is 17.0 Å². The smallest absolute Gasteiger partial charge is 0.282 e. The van der Waals surface area contributed by atoms with Gasteiger partial charge >= 0.3 is 0 Å². The van der Waals surface area contributed by atoms with Crippen molar-refractivity contribution in [1.82, 2.24) is 8.61 Å². The predicted octanol–water partition coefficient (Wildman–Crippen LogP) is 2.19. The third-order valence-electron chi connectivity index (χ3n) is 4.77. The van der Waals surface area contributed by atoms with Gasteiger partial charge in [0, 0.05) is 31.7 Å². The maximum atomic E-state index is 13.0. The summed E-state index contributed by atoms with van der Waals surface area (Å²) >= 11 is 0. The van der Waals surface area contributed by atoms with E-state index < -0.39 is 15.7 Å². The lowest BCUT2D eigenvalue weighted by Crippen LogP contribution is -2.61. The van der Waals surface area contributed by atoms with Crippen LogP contribution < -0.4 is 5.73 Å². The first-order chi connectivity index (χ1) is 9.71. The van der Waals surface area contributed by atoms with Crippen LogP contribution in [0.15, 0.2) is 0 Å². The van der Waals surface area contributed by atoms with Gasteiger partial charge in [-0.05, 0) is 39.0 Å². The van der Waals surface area contributed by atoms with E-state index in [2.05, 4.69) is 6.92 Å². The Balaban J connectivity index is 3.20. The topological polar surface area (TPSA) is 66.6 Å². The second-order valence-corrected chi connectivity index (χ2v) is 8.73. The summed E-state index contributed by atoms with van der Waals surface area (Å²) in [5, 5.41) is 0. The monoisotopic (exact) mass is 319 g/mol. The summed E-state index contributed by atoms with van der Waals surface area (Å²) in [7, 11) is -1.80. The van der Waals surface area contributed by atoms with Gasteiger partial charge in [-0.15, -0.1) is 0 Å². The lowest BCUT2D eigenvalue weighted by atomic mass is 9.76. The van der Waals surface area contributed by atoms with Crippen LogP contribution in [0.4, 0.5) is 0 Å². The molecule has 2 atom stereocenters. The molecule has 1 fully saturated rings. The van der Waals surface area contributed by atoms with Crippen molar-refractivity contribution >= 4 is 10.2 Å². The molecule has 126 valence electrons. The average Bonchev–Trinajstić information content (AvgIpc) is 2.43. The lowest BCUT2D eigenvalue weighted by molar-refractivity contribution is 0.101. The Hall–Kier alpha value is -0.170. The van der Waals surface area contributed by atoms with Gasteiger partial charge in [-0.1, -0.05) is 26.7 Å². The maximum absolute atomic E-state index is 13.0. The van der Waals surface area contributed by atoms with Crippen LogP contribution in [-0.4, -0.2) is 48.7 Å². The summed E-state index contributed by atoms with van der Waals surface area (Å²) in [6.07, 6.45) is 4.77. The molecule has 2 N–H and O–H groups in total. The van der Waals surface area contributed by atoms with Gasteiger partial charge in [-0.25, -0.2) is 0 Å². The molecule has 0 aromatic heterocycles. The summed E-state index contributed by atoms with van der Waals surface area (Å²) in [5.41, 5.74) is 5.67. The van der Waals surface area contributed by atoms with Gasteiger partial charge in [-0.3, -0.25) is 0 Å². The average molecular weight is 320 g/mol. The van der Waals surface area contributed by atoms with Crippen molar-refractivity contribution in [2.24, 2.45) is 11.7 Å². The van der Waals surface area contributed by atoms with Crippen molar-refractivity contribution in [2.45, 2.75) is 71.4 Å². The first-order valence-electron chi connectivity index (χ1n) is 8.17. The van der Waals surface area contributed by atoms with E-state index in [4.69, 9.17) is 5.73 Å². The predicted molar refractivity (Wildman–Crippen MR) is 88.2 cm³/mol. The Morgan fingerprint density at radius 1 is 1.38 bits per heavy atom. The van der Waals surface area contributed by atoms with Crippen LogP contribution in [-0.2, 0) is 10.2 Å². The van der Waals surface area contributed by atoms with Gasteiger partial charge in [0.2, 0.25) is 0 Å². The van der Waals surface area contributed by atoms with E-state index in [0.717, 1.165) is 25.7 Å². The van der Waals surface area contributed by atoms with Crippen LogP contribution in [0.1, 0.15) is 59.8 Å². The maximum Gasteiger partial charge on any atom is 0.282 e. The van der Waals surface area contributed by atoms with Gasteiger partial charge in [0.15, 0.2) is 0 Å². The number of nitrogens with zero attached hydrogens (tertiary/aromatic N) is 2. The summed E-state index contributed by atoms with van der Waals surface area (Å²) in [4.78, 5) is 0. The number of hydrogen-bond donors (Lipinski definition) is 1. The molecular weight excluding hydrogens is 286 g/mol. The van der Waals surface area contributed by atoms with Crippen LogP contribution in [0.2, 0.25) is 0 Å². The van der Waals surface area contributed by atoms with E-state index >= 15 is 0 Å². The van der Waals surface area contributed by atoms with Crippen LogP contribution in [0.25, 0.3) is 0 Å². The van der Waals surface area contributed by atoms with E-state index in [9.17, 15) is 8.42 Å². The zero-order chi connectivity index (χ0) is 16.3. The zero-order valence-electron chi connectivity index (χ0n) is 14.3. The molecule has 0 aromatic rings. The third-order valence-corrected chi connectivity index (χ3v) is 7.05. The highest BCUT2D eigenvalue weighted by molar-refractivity contribution is 7.86. The molecule has 5 nitrogen and oxygen atoms in total. The van der Waals surface area contributed by atoms with Crippen molar-refractivity contribution in [3.63, 3.8) is 0 Å². The molecule has 0 radical (unpaired) electrons. The summed E-state index contributed by atoms with van der Waals surface area (Å²) in [5.74, 6) is 0.529. The van der Waals surface area contributed by atoms with E-state index in [1.54, 1.807) is 11.4 Å². The van der Waals surface area contributed by atoms with E-state index in [1.807, 2.05) is 20.8 Å². The molecule has 1 aliphatic carbocycles. The molecule has 0 amide bonds. The molecule has 0 aliphatic heterocycles. The Labute approximate surface area is 131 Å². The lowest BCUT2D eigenvalue weighted by Gasteiger charge is -2.48. The summed E-state index contributed by atoms with van der Waals surface area (Å²) < 4.78 is 29.2. The number of rotatable bonds is 7. The molecule has 0 aromatic carbocycles. The molecule has 2 unspecified atom stereocenters. The highest BCUT2D eigenvalue weighted by atomic mass is 32.2. The molecule has 0 heterocycles. The van der Waals surface area contributed by atoms with Crippen LogP contribution in [0, 0.1) is 5.92 Å². The second kappa shape index (κ2) is 7.40. The Kier molecular flexibility index (Phi) is 6.65. The molecular formula is C15H33N3O2S. The molecule has 21 heavy (non-hydrogen) atoms. The van der Waals surface area contributed by atoms with Gasteiger partial charge in [0.25, 0.3) is 10.2 Å². The van der Waals surface area contributed by atoms with Crippen molar-refractivity contribution < 1.29 is 8.42 Å². The minimum atomic E-state index is -3.47. The van der Waals surface area contributed by atoms with Gasteiger partial charge in [0.1, 0.15) is 0 Å². The Bertz CT molecular complexity index is 425. The van der Waals surface area contributed by atoms with Crippen LogP contribution in [0.3, 0.4) is 0 Å². The van der Waals surface area contributed by atoms with E-state index in [-0.39, 0.29) is 6.04 Å². The largest absolute Gasteiger partial charge is 0.329 e. The molecule has 1 aliphatic rings. The first-order valence-corrected chi connectivity index (χ1v) is 9.57. The zero-order valence-corrected chi connectivity index (χ0v) is 15.1. The molecule has 1 rings (SSSR count). The molecule has 0 bridgehead atoms. The second-order valence-electron chi connectivity index (χ2n) is 6.82. The van der Waals surface area contributed by atoms with Crippen molar-refractivity contribution in [1.29, 1.82) is 0 Å². The quantitative estimate of drug-likeness (QED) is 0.782. The van der Waals surface area contributed by atoms with Crippen molar-refractivity contribution in [3.8, 4) is 0 Å². The van der Waals surface area contributed by atoms with Crippen LogP contribution >= 0.6 is 0 Å². The molecule has 1 saturated carbocycles. The summed E-state index contributed by atoms with van der Waals surface area (Å²) in [6.45, 7) is 8.98. The number of hydrogen-bond acceptors (Lipinski definition) is 3. The fourth-order valence-electron chi connectivity index (χ4n) is 3.37. The standard InChI is InChI=1S/C15H33N3O2S/c1-6-10-18(21(19,20)17(5)13(2)3)15(12-16)9-7-8-14(4)11-15/h13-14H,6-12,16H2,1-5H3. The Morgan fingerprint density at radius 3 is 2.43 bits per heavy atom. The fourth-order valence-corrected chi connectivity index (χ4v) is 5.36. The minimum Gasteiger partial charge on any atom is -0.329 e. The molecule has 0 spiro atoms. The van der Waals surface area contributed by atoms with Crippen molar-refractivity contribution in [2.75, 3.05) is 20.1 Å². The summed E-state index contributed by atoms with van der Waals surface area (Å²) in [6, 6.07) is -0.0507. The fraction of sp³-hybridized carbons (Fsp3) is 1.00. The van der Waals surface area contributed by atoms with E-state index in [1.165, 1.54) is 10.7 Å². The normalized spacial score (nSPS) is 27.8. The highest BCUT2D eigenvalue weighted by Crippen LogP contribution is 2.38. The number of nitrogens with two attached hydrogens (primary N) is 1. The molecule has 0 saturated heterocycles. The van der Waals surface area contributed by atoms with E-state index in [0.29, 0.717) is 19.0 Å². The van der Waals surface area contributed by atoms with Crippen LogP contribution in [0.5, 0.6) is 0 Å². The SMILES string of the molecule is CCCN(C1(CN)CCCC(C)C1)S(=O)(=O)N(C)C(C)C. The molecule has 6 heteroatoms. The van der Waals surface area contributed by atoms with Crippen molar-refractivity contribution in [3.05, 3.63) is 0 Å². The minimum absolute atomic E-state index is 0.0507. The highest BCUT2D eigenvalue weighted by Gasteiger charge is 2.46. The third kappa shape index (κ3) is 3.97. The van der Waals surface area contributed by atoms with Gasteiger partial charge in [0.05, 0.1) is 0 Å². The first kappa shape index (κ1) is 18.9. The Morgan fingerprint density at radius 2 is 2.00 bits per heavy atom.